The van der Waals surface area contributed by atoms with Crippen molar-refractivity contribution in [1.82, 2.24) is 9.21 Å². The number of piperazine rings is 1. The Hall–Kier alpha value is -2.04. The largest absolute Gasteiger partial charge is 0.497 e. The number of nitrogens with zero attached hydrogens (tertiary/aromatic N) is 2. The average molecular weight is 475 g/mol. The fourth-order valence-corrected chi connectivity index (χ4v) is 4.83. The fourth-order valence-electron chi connectivity index (χ4n) is 2.91. The maximum absolute atomic E-state index is 13.9. The molecule has 1 heterocycles. The normalized spacial score (nSPS) is 15.5. The minimum Gasteiger partial charge on any atom is -0.497 e. The Labute approximate surface area is 169 Å². The van der Waals surface area contributed by atoms with Crippen LogP contribution in [0.4, 0.5) is 8.78 Å². The summed E-state index contributed by atoms with van der Waals surface area (Å²) in [5, 5.41) is 0. The maximum Gasteiger partial charge on any atom is 0.255 e. The lowest BCUT2D eigenvalue weighted by atomic mass is 10.1. The average Bonchev–Trinajstić information content (AvgIpc) is 2.69. The molecule has 0 spiro atoms. The highest BCUT2D eigenvalue weighted by atomic mass is 79.9. The van der Waals surface area contributed by atoms with Gasteiger partial charge in [-0.1, -0.05) is 0 Å². The molecule has 1 aliphatic rings. The third-order valence-corrected chi connectivity index (χ3v) is 7.05. The molecule has 0 unspecified atom stereocenters. The van der Waals surface area contributed by atoms with Gasteiger partial charge in [-0.25, -0.2) is 17.2 Å². The molecule has 10 heteroatoms. The zero-order chi connectivity index (χ0) is 20.5. The van der Waals surface area contributed by atoms with E-state index in [1.54, 1.807) is 18.2 Å². The van der Waals surface area contributed by atoms with Gasteiger partial charge in [0.25, 0.3) is 5.91 Å². The van der Waals surface area contributed by atoms with Gasteiger partial charge in [-0.2, -0.15) is 4.31 Å². The van der Waals surface area contributed by atoms with Crippen LogP contribution < -0.4 is 4.74 Å². The van der Waals surface area contributed by atoms with E-state index in [-0.39, 0.29) is 32.1 Å². The lowest BCUT2D eigenvalue weighted by molar-refractivity contribution is 0.0696. The van der Waals surface area contributed by atoms with Crippen molar-refractivity contribution in [3.05, 3.63) is 58.1 Å². The standard InChI is InChI=1S/C18H17BrF2N2O4S/c1-27-13-3-4-15(19)14(11-13)18(24)22-6-8-23(9-7-22)28(25,26)17-10-12(20)2-5-16(17)21/h2-5,10-11H,6-9H2,1H3. The first-order valence-corrected chi connectivity index (χ1v) is 10.6. The lowest BCUT2D eigenvalue weighted by Crippen LogP contribution is -2.50. The number of methoxy groups -OCH3 is 1. The summed E-state index contributed by atoms with van der Waals surface area (Å²) >= 11 is 3.33. The van der Waals surface area contributed by atoms with Crippen LogP contribution in [0, 0.1) is 11.6 Å². The molecule has 0 bridgehead atoms. The highest BCUT2D eigenvalue weighted by Crippen LogP contribution is 2.26. The Kier molecular flexibility index (Phi) is 6.01. The van der Waals surface area contributed by atoms with Crippen molar-refractivity contribution in [3.8, 4) is 5.75 Å². The summed E-state index contributed by atoms with van der Waals surface area (Å²) in [4.78, 5) is 13.6. The van der Waals surface area contributed by atoms with Crippen molar-refractivity contribution in [3.63, 3.8) is 0 Å². The number of hydrogen-bond donors (Lipinski definition) is 0. The molecule has 0 N–H and O–H groups in total. The van der Waals surface area contributed by atoms with Crippen LogP contribution in [0.1, 0.15) is 10.4 Å². The van der Waals surface area contributed by atoms with Gasteiger partial charge in [0.2, 0.25) is 10.0 Å². The molecule has 0 atom stereocenters. The van der Waals surface area contributed by atoms with E-state index in [0.29, 0.717) is 21.9 Å². The molecule has 0 saturated carbocycles. The number of amides is 1. The highest BCUT2D eigenvalue weighted by molar-refractivity contribution is 9.10. The van der Waals surface area contributed by atoms with E-state index >= 15 is 0 Å². The minimum absolute atomic E-state index is 0.0222. The van der Waals surface area contributed by atoms with Crippen LogP contribution >= 0.6 is 15.9 Å². The molecule has 1 amide bonds. The van der Waals surface area contributed by atoms with Gasteiger partial charge in [0.1, 0.15) is 22.3 Å². The number of hydrogen-bond acceptors (Lipinski definition) is 4. The minimum atomic E-state index is -4.20. The van der Waals surface area contributed by atoms with Crippen LogP contribution in [0.15, 0.2) is 45.8 Å². The van der Waals surface area contributed by atoms with Crippen molar-refractivity contribution < 1.29 is 26.7 Å². The second-order valence-electron chi connectivity index (χ2n) is 6.12. The van der Waals surface area contributed by atoms with Gasteiger partial charge < -0.3 is 9.64 Å². The number of ether oxygens (including phenoxy) is 1. The third-order valence-electron chi connectivity index (χ3n) is 4.44. The quantitative estimate of drug-likeness (QED) is 0.683. The molecule has 0 radical (unpaired) electrons. The molecule has 0 aliphatic carbocycles. The fraction of sp³-hybridized carbons (Fsp3) is 0.278. The van der Waals surface area contributed by atoms with E-state index in [4.69, 9.17) is 4.74 Å². The van der Waals surface area contributed by atoms with Crippen molar-refractivity contribution in [2.45, 2.75) is 4.90 Å². The molecular weight excluding hydrogens is 458 g/mol. The van der Waals surface area contributed by atoms with Crippen molar-refractivity contribution in [1.29, 1.82) is 0 Å². The van der Waals surface area contributed by atoms with Gasteiger partial charge in [0.05, 0.1) is 12.7 Å². The molecule has 1 fully saturated rings. The molecule has 2 aromatic carbocycles. The zero-order valence-electron chi connectivity index (χ0n) is 14.9. The molecular formula is C18H17BrF2N2O4S. The first kappa shape index (κ1) is 20.7. The predicted octanol–water partition coefficient (Wildman–Crippen LogP) is 2.88. The van der Waals surface area contributed by atoms with E-state index < -0.39 is 26.6 Å². The molecule has 0 aromatic heterocycles. The Morgan fingerprint density at radius 2 is 1.75 bits per heavy atom. The number of carbonyl (C=O) groups is 1. The second kappa shape index (κ2) is 8.14. The third kappa shape index (κ3) is 4.03. The van der Waals surface area contributed by atoms with Gasteiger partial charge >= 0.3 is 0 Å². The summed E-state index contributed by atoms with van der Waals surface area (Å²) in [6.45, 7) is 0.203. The lowest BCUT2D eigenvalue weighted by Gasteiger charge is -2.34. The molecule has 1 aliphatic heterocycles. The predicted molar refractivity (Wildman–Crippen MR) is 102 cm³/mol. The number of benzene rings is 2. The van der Waals surface area contributed by atoms with Gasteiger partial charge in [0.15, 0.2) is 0 Å². The Morgan fingerprint density at radius 1 is 1.07 bits per heavy atom. The van der Waals surface area contributed by atoms with Crippen LogP contribution in [-0.2, 0) is 10.0 Å². The summed E-state index contributed by atoms with van der Waals surface area (Å²) < 4.78 is 59.3. The molecule has 28 heavy (non-hydrogen) atoms. The van der Waals surface area contributed by atoms with Gasteiger partial charge in [-0.15, -0.1) is 0 Å². The van der Waals surface area contributed by atoms with E-state index in [1.165, 1.54) is 12.0 Å². The maximum atomic E-state index is 13.9. The summed E-state index contributed by atoms with van der Waals surface area (Å²) in [5.74, 6) is -1.61. The molecule has 2 aromatic rings. The summed E-state index contributed by atoms with van der Waals surface area (Å²) in [7, 11) is -2.70. The topological polar surface area (TPSA) is 66.9 Å². The Balaban J connectivity index is 1.75. The number of halogens is 3. The van der Waals surface area contributed by atoms with Crippen LogP contribution in [0.25, 0.3) is 0 Å². The highest BCUT2D eigenvalue weighted by Gasteiger charge is 2.33. The van der Waals surface area contributed by atoms with Crippen LogP contribution in [0.5, 0.6) is 5.75 Å². The van der Waals surface area contributed by atoms with Crippen LogP contribution in [0.3, 0.4) is 0 Å². The number of carbonyl (C=O) groups excluding carboxylic acids is 1. The van der Waals surface area contributed by atoms with E-state index in [0.717, 1.165) is 16.4 Å². The van der Waals surface area contributed by atoms with E-state index in [1.807, 2.05) is 0 Å². The van der Waals surface area contributed by atoms with Gasteiger partial charge in [-0.05, 0) is 52.3 Å². The van der Waals surface area contributed by atoms with E-state index in [2.05, 4.69) is 15.9 Å². The smallest absolute Gasteiger partial charge is 0.255 e. The molecule has 150 valence electrons. The first-order valence-electron chi connectivity index (χ1n) is 8.32. The second-order valence-corrected chi connectivity index (χ2v) is 8.88. The molecule has 6 nitrogen and oxygen atoms in total. The van der Waals surface area contributed by atoms with Gasteiger partial charge in [-0.3, -0.25) is 4.79 Å². The monoisotopic (exact) mass is 474 g/mol. The molecule has 3 rings (SSSR count). The summed E-state index contributed by atoms with van der Waals surface area (Å²) in [6.07, 6.45) is 0. The van der Waals surface area contributed by atoms with Crippen molar-refractivity contribution >= 4 is 31.9 Å². The SMILES string of the molecule is COc1ccc(Br)c(C(=O)N2CCN(S(=O)(=O)c3cc(F)ccc3F)CC2)c1. The summed E-state index contributed by atoms with van der Waals surface area (Å²) in [5.41, 5.74) is 0.395. The van der Waals surface area contributed by atoms with Crippen LogP contribution in [-0.4, -0.2) is 56.8 Å². The first-order chi connectivity index (χ1) is 13.2. The van der Waals surface area contributed by atoms with Crippen LogP contribution in [0.2, 0.25) is 0 Å². The Morgan fingerprint density at radius 3 is 2.39 bits per heavy atom. The Bertz CT molecular complexity index is 1010. The van der Waals surface area contributed by atoms with Crippen molar-refractivity contribution in [2.75, 3.05) is 33.3 Å². The van der Waals surface area contributed by atoms with E-state index in [9.17, 15) is 22.0 Å². The summed E-state index contributed by atoms with van der Waals surface area (Å²) in [6, 6.07) is 7.30. The number of sulfonamides is 1. The van der Waals surface area contributed by atoms with Gasteiger partial charge in [0, 0.05) is 30.7 Å². The van der Waals surface area contributed by atoms with Crippen molar-refractivity contribution in [2.24, 2.45) is 0 Å². The number of rotatable bonds is 4. The zero-order valence-corrected chi connectivity index (χ0v) is 17.3. The molecule has 1 saturated heterocycles.